The monoisotopic (exact) mass is 512 g/mol. The Kier molecular flexibility index (Phi) is 8.40. The minimum Gasteiger partial charge on any atom is -0.450 e. The maximum atomic E-state index is 14.0. The van der Waals surface area contributed by atoms with E-state index in [0.29, 0.717) is 30.3 Å². The number of benzene rings is 2. The van der Waals surface area contributed by atoms with Gasteiger partial charge in [-0.25, -0.2) is 9.18 Å². The molecule has 192 valence electrons. The highest BCUT2D eigenvalue weighted by molar-refractivity contribution is 7.80. The van der Waals surface area contributed by atoms with Crippen molar-refractivity contribution in [3.8, 4) is 0 Å². The van der Waals surface area contributed by atoms with E-state index in [2.05, 4.69) is 15.5 Å². The van der Waals surface area contributed by atoms with Gasteiger partial charge in [0.15, 0.2) is 5.11 Å². The second kappa shape index (κ2) is 11.7. The second-order valence-electron chi connectivity index (χ2n) is 9.51. The van der Waals surface area contributed by atoms with Crippen LogP contribution in [0.1, 0.15) is 31.7 Å². The second-order valence-corrected chi connectivity index (χ2v) is 9.90. The summed E-state index contributed by atoms with van der Waals surface area (Å²) in [6.45, 7) is 4.79. The van der Waals surface area contributed by atoms with Crippen molar-refractivity contribution in [3.05, 3.63) is 66.0 Å². The number of likely N-dealkylation sites (tertiary alicyclic amines) is 2. The molecule has 0 saturated carbocycles. The van der Waals surface area contributed by atoms with Crippen molar-refractivity contribution in [3.63, 3.8) is 0 Å². The van der Waals surface area contributed by atoms with Gasteiger partial charge in [-0.15, -0.1) is 0 Å². The molecule has 36 heavy (non-hydrogen) atoms. The van der Waals surface area contributed by atoms with E-state index >= 15 is 0 Å². The van der Waals surface area contributed by atoms with E-state index in [4.69, 9.17) is 17.0 Å². The van der Waals surface area contributed by atoms with Crippen molar-refractivity contribution in [2.45, 2.75) is 38.6 Å². The van der Waals surface area contributed by atoms with E-state index in [1.54, 1.807) is 25.1 Å². The molecule has 1 spiro atoms. The topological polar surface area (TPSA) is 73.9 Å². The number of carbonyl (C=O) groups is 2. The van der Waals surface area contributed by atoms with E-state index in [1.807, 2.05) is 35.2 Å². The van der Waals surface area contributed by atoms with Crippen molar-refractivity contribution in [2.75, 3.05) is 38.1 Å². The third-order valence-corrected chi connectivity index (χ3v) is 7.49. The zero-order valence-corrected chi connectivity index (χ0v) is 21.4. The Morgan fingerprint density at radius 3 is 2.33 bits per heavy atom. The van der Waals surface area contributed by atoms with E-state index in [-0.39, 0.29) is 23.7 Å². The zero-order chi connectivity index (χ0) is 25.5. The number of halogens is 1. The van der Waals surface area contributed by atoms with Gasteiger partial charge in [0.25, 0.3) is 0 Å². The number of rotatable bonds is 6. The minimum atomic E-state index is -0.681. The normalized spacial score (nSPS) is 17.5. The fraction of sp³-hybridized carbons (Fsp3) is 0.444. The molecule has 0 aromatic heterocycles. The lowest BCUT2D eigenvalue weighted by Gasteiger charge is -2.40. The number of hydrogen-bond donors (Lipinski definition) is 2. The number of piperidine rings is 1. The van der Waals surface area contributed by atoms with Crippen LogP contribution in [0.4, 0.5) is 14.9 Å². The lowest BCUT2D eigenvalue weighted by Crippen LogP contribution is -2.50. The molecular weight excluding hydrogens is 479 g/mol. The Hall–Kier alpha value is -3.20. The van der Waals surface area contributed by atoms with Gasteiger partial charge in [-0.2, -0.15) is 0 Å². The van der Waals surface area contributed by atoms with Crippen molar-refractivity contribution in [1.82, 2.24) is 15.1 Å². The molecule has 0 aliphatic carbocycles. The van der Waals surface area contributed by atoms with Crippen LogP contribution < -0.4 is 10.6 Å². The van der Waals surface area contributed by atoms with Gasteiger partial charge in [-0.05, 0) is 61.5 Å². The van der Waals surface area contributed by atoms with Gasteiger partial charge in [0.1, 0.15) is 11.9 Å². The molecule has 2 fully saturated rings. The Balaban J connectivity index is 1.35. The van der Waals surface area contributed by atoms with Crippen LogP contribution in [0, 0.1) is 11.2 Å². The first-order valence-electron chi connectivity index (χ1n) is 12.5. The van der Waals surface area contributed by atoms with Crippen LogP contribution in [0.3, 0.4) is 0 Å². The average Bonchev–Trinajstić information content (AvgIpc) is 3.29. The van der Waals surface area contributed by atoms with E-state index in [1.165, 1.54) is 6.07 Å². The van der Waals surface area contributed by atoms with E-state index in [0.717, 1.165) is 37.9 Å². The van der Waals surface area contributed by atoms with Gasteiger partial charge in [0.05, 0.1) is 12.3 Å². The van der Waals surface area contributed by atoms with E-state index in [9.17, 15) is 14.0 Å². The number of ether oxygens (including phenoxy) is 1. The standard InChI is InChI=1S/C27H33FN4O3S/c1-2-35-26(34)30-23(18-20-8-4-3-5-9-20)24(33)32-17-14-27(19-32)12-15-31(16-13-27)25(36)29-22-11-7-6-10-21(22)28/h3-11,23H,2,12-19H2,1H3,(H,29,36)(H,30,34). The number of para-hydroxylation sites is 1. The Labute approximate surface area is 217 Å². The average molecular weight is 513 g/mol. The molecule has 2 aromatic rings. The fourth-order valence-electron chi connectivity index (χ4n) is 5.06. The third kappa shape index (κ3) is 6.32. The number of hydrogen-bond acceptors (Lipinski definition) is 4. The minimum absolute atomic E-state index is 0.0288. The molecule has 2 aromatic carbocycles. The van der Waals surface area contributed by atoms with Gasteiger partial charge in [0.2, 0.25) is 5.91 Å². The van der Waals surface area contributed by atoms with Gasteiger partial charge in [-0.3, -0.25) is 4.79 Å². The van der Waals surface area contributed by atoms with Crippen molar-refractivity contribution < 1.29 is 18.7 Å². The number of nitrogens with zero attached hydrogens (tertiary/aromatic N) is 2. The maximum Gasteiger partial charge on any atom is 0.407 e. The maximum absolute atomic E-state index is 14.0. The quantitative estimate of drug-likeness (QED) is 0.566. The van der Waals surface area contributed by atoms with Crippen LogP contribution in [0.25, 0.3) is 0 Å². The highest BCUT2D eigenvalue weighted by Crippen LogP contribution is 2.40. The summed E-state index contributed by atoms with van der Waals surface area (Å²) in [6, 6.07) is 15.5. The van der Waals surface area contributed by atoms with Crippen LogP contribution in [-0.2, 0) is 16.0 Å². The first kappa shape index (κ1) is 25.9. The largest absolute Gasteiger partial charge is 0.450 e. The van der Waals surface area contributed by atoms with Crippen molar-refractivity contribution >= 4 is 35.0 Å². The van der Waals surface area contributed by atoms with Gasteiger partial charge in [0, 0.05) is 32.6 Å². The number of nitrogens with one attached hydrogen (secondary N) is 2. The molecule has 0 bridgehead atoms. The van der Waals surface area contributed by atoms with Gasteiger partial charge >= 0.3 is 6.09 Å². The smallest absolute Gasteiger partial charge is 0.407 e. The van der Waals surface area contributed by atoms with E-state index < -0.39 is 12.1 Å². The molecule has 1 atom stereocenters. The molecule has 1 unspecified atom stereocenters. The molecule has 2 amide bonds. The number of carbonyl (C=O) groups excluding carboxylic acids is 2. The highest BCUT2D eigenvalue weighted by atomic mass is 32.1. The molecule has 9 heteroatoms. The summed E-state index contributed by atoms with van der Waals surface area (Å²) in [4.78, 5) is 29.6. The van der Waals surface area contributed by atoms with Gasteiger partial charge in [-0.1, -0.05) is 42.5 Å². The third-order valence-electron chi connectivity index (χ3n) is 7.13. The Morgan fingerprint density at radius 2 is 1.67 bits per heavy atom. The SMILES string of the molecule is CCOC(=O)NC(Cc1ccccc1)C(=O)N1CCC2(CCN(C(=S)Nc3ccccc3F)CC2)C1. The lowest BCUT2D eigenvalue weighted by atomic mass is 9.78. The van der Waals surface area contributed by atoms with Crippen LogP contribution in [-0.4, -0.2) is 65.7 Å². The number of anilines is 1. The molecule has 0 radical (unpaired) electrons. The Morgan fingerprint density at radius 1 is 1.03 bits per heavy atom. The summed E-state index contributed by atoms with van der Waals surface area (Å²) in [5.74, 6) is -0.414. The molecule has 4 rings (SSSR count). The molecule has 2 aliphatic heterocycles. The van der Waals surface area contributed by atoms with Crippen LogP contribution in [0.15, 0.2) is 54.6 Å². The van der Waals surface area contributed by atoms with Gasteiger partial charge < -0.3 is 25.2 Å². The Bertz CT molecular complexity index is 1080. The summed E-state index contributed by atoms with van der Waals surface area (Å²) < 4.78 is 19.0. The summed E-state index contributed by atoms with van der Waals surface area (Å²) in [5.41, 5.74) is 1.38. The van der Waals surface area contributed by atoms with Crippen molar-refractivity contribution in [2.24, 2.45) is 5.41 Å². The first-order chi connectivity index (χ1) is 17.4. The summed E-state index contributed by atoms with van der Waals surface area (Å²) in [6.07, 6.45) is 2.53. The predicted molar refractivity (Wildman–Crippen MR) is 141 cm³/mol. The van der Waals surface area contributed by atoms with Crippen molar-refractivity contribution in [1.29, 1.82) is 0 Å². The lowest BCUT2D eigenvalue weighted by molar-refractivity contribution is -0.132. The van der Waals surface area contributed by atoms with Crippen LogP contribution in [0.5, 0.6) is 0 Å². The molecule has 2 saturated heterocycles. The highest BCUT2D eigenvalue weighted by Gasteiger charge is 2.43. The summed E-state index contributed by atoms with van der Waals surface area (Å²) in [5, 5.41) is 6.30. The zero-order valence-electron chi connectivity index (χ0n) is 20.5. The summed E-state index contributed by atoms with van der Waals surface area (Å²) >= 11 is 5.53. The number of amides is 2. The first-order valence-corrected chi connectivity index (χ1v) is 12.9. The predicted octanol–water partition coefficient (Wildman–Crippen LogP) is 4.19. The fourth-order valence-corrected chi connectivity index (χ4v) is 5.35. The molecule has 7 nitrogen and oxygen atoms in total. The van der Waals surface area contributed by atoms with Crippen LogP contribution in [0.2, 0.25) is 0 Å². The molecule has 2 aliphatic rings. The molecule has 2 N–H and O–H groups in total. The summed E-state index contributed by atoms with van der Waals surface area (Å²) in [7, 11) is 0. The molecular formula is C27H33FN4O3S. The number of thiocarbonyl (C=S) groups is 1. The van der Waals surface area contributed by atoms with Crippen LogP contribution >= 0.6 is 12.2 Å². The number of alkyl carbamates (subject to hydrolysis) is 1. The molecule has 2 heterocycles.